The van der Waals surface area contributed by atoms with Gasteiger partial charge in [-0.05, 0) is 12.1 Å². The van der Waals surface area contributed by atoms with Gasteiger partial charge in [-0.15, -0.1) is 12.4 Å². The van der Waals surface area contributed by atoms with Gasteiger partial charge in [-0.1, -0.05) is 23.2 Å². The van der Waals surface area contributed by atoms with Gasteiger partial charge in [0.05, 0.1) is 18.7 Å². The third-order valence-corrected chi connectivity index (χ3v) is 2.39. The number of methoxy groups -OCH3 is 1. The number of benzene rings is 1. The van der Waals surface area contributed by atoms with Crippen molar-refractivity contribution in [1.82, 2.24) is 5.32 Å². The van der Waals surface area contributed by atoms with E-state index in [1.807, 2.05) is 0 Å². The van der Waals surface area contributed by atoms with Gasteiger partial charge >= 0.3 is 0 Å². The van der Waals surface area contributed by atoms with Crippen LogP contribution in [0, 0.1) is 0 Å². The highest BCUT2D eigenvalue weighted by Gasteiger charge is 2.08. The van der Waals surface area contributed by atoms with E-state index in [1.54, 1.807) is 19.2 Å². The van der Waals surface area contributed by atoms with Gasteiger partial charge in [0.25, 0.3) is 0 Å². The van der Waals surface area contributed by atoms with Gasteiger partial charge in [0.15, 0.2) is 0 Å². The fraction of sp³-hybridized carbons (Fsp3) is 0.400. The van der Waals surface area contributed by atoms with Gasteiger partial charge in [0.1, 0.15) is 5.75 Å². The van der Waals surface area contributed by atoms with Gasteiger partial charge in [-0.3, -0.25) is 0 Å². The van der Waals surface area contributed by atoms with Crippen molar-refractivity contribution in [3.8, 4) is 5.75 Å². The molecule has 0 bridgehead atoms. The van der Waals surface area contributed by atoms with Crippen LogP contribution < -0.4 is 10.1 Å². The lowest BCUT2D eigenvalue weighted by molar-refractivity contribution is 0.291. The van der Waals surface area contributed by atoms with Crippen LogP contribution in [0.1, 0.15) is 5.56 Å². The number of nitrogens with one attached hydrogen (secondary N) is 1. The Hall–Kier alpha value is -0.190. The summed E-state index contributed by atoms with van der Waals surface area (Å²) in [6, 6.07) is 3.42. The lowest BCUT2D eigenvalue weighted by Crippen LogP contribution is -2.17. The Labute approximate surface area is 111 Å². The van der Waals surface area contributed by atoms with Crippen molar-refractivity contribution in [1.29, 1.82) is 0 Å². The highest BCUT2D eigenvalue weighted by atomic mass is 35.5. The first-order valence-corrected chi connectivity index (χ1v) is 5.28. The molecule has 1 aromatic carbocycles. The quantitative estimate of drug-likeness (QED) is 0.817. The van der Waals surface area contributed by atoms with Crippen molar-refractivity contribution in [3.63, 3.8) is 0 Å². The minimum Gasteiger partial charge on any atom is -0.495 e. The standard InChI is InChI=1S/C10H13Cl2NO2.ClH/c1-15-10-7(6-13-2-3-14)4-8(11)5-9(10)12;/h4-5,13-14H,2-3,6H2,1H3;1H. The summed E-state index contributed by atoms with van der Waals surface area (Å²) < 4.78 is 5.17. The average molecular weight is 287 g/mol. The Balaban J connectivity index is 0.00000225. The predicted molar refractivity (Wildman–Crippen MR) is 69.1 cm³/mol. The molecular weight excluding hydrogens is 272 g/mol. The van der Waals surface area contributed by atoms with Crippen LogP contribution in [0.2, 0.25) is 10.0 Å². The van der Waals surface area contributed by atoms with Crippen LogP contribution in [0.5, 0.6) is 5.75 Å². The van der Waals surface area contributed by atoms with Crippen LogP contribution in [0.15, 0.2) is 12.1 Å². The van der Waals surface area contributed by atoms with E-state index in [-0.39, 0.29) is 19.0 Å². The third-order valence-electron chi connectivity index (χ3n) is 1.89. The van der Waals surface area contributed by atoms with Gasteiger partial charge < -0.3 is 15.2 Å². The fourth-order valence-electron chi connectivity index (χ4n) is 1.28. The zero-order valence-corrected chi connectivity index (χ0v) is 11.1. The van der Waals surface area contributed by atoms with E-state index in [0.717, 1.165) is 5.56 Å². The van der Waals surface area contributed by atoms with Crippen LogP contribution in [0.3, 0.4) is 0 Å². The molecule has 0 aliphatic heterocycles. The van der Waals surface area contributed by atoms with Crippen molar-refractivity contribution in [3.05, 3.63) is 27.7 Å². The molecule has 0 aliphatic carbocycles. The third kappa shape index (κ3) is 4.36. The summed E-state index contributed by atoms with van der Waals surface area (Å²) in [5.41, 5.74) is 0.878. The second-order valence-corrected chi connectivity index (χ2v) is 3.82. The van der Waals surface area contributed by atoms with E-state index >= 15 is 0 Å². The number of halogens is 3. The number of hydrogen-bond acceptors (Lipinski definition) is 3. The second kappa shape index (κ2) is 7.98. The average Bonchev–Trinajstić information content (AvgIpc) is 2.17. The highest BCUT2D eigenvalue weighted by molar-refractivity contribution is 6.35. The number of aliphatic hydroxyl groups is 1. The van der Waals surface area contributed by atoms with Crippen molar-refractivity contribution < 1.29 is 9.84 Å². The van der Waals surface area contributed by atoms with Crippen molar-refractivity contribution in [2.45, 2.75) is 6.54 Å². The molecule has 0 atom stereocenters. The summed E-state index contributed by atoms with van der Waals surface area (Å²) in [6.07, 6.45) is 0. The van der Waals surface area contributed by atoms with E-state index in [2.05, 4.69) is 5.32 Å². The summed E-state index contributed by atoms with van der Waals surface area (Å²) in [7, 11) is 1.56. The first-order valence-electron chi connectivity index (χ1n) is 4.52. The van der Waals surface area contributed by atoms with E-state index in [9.17, 15) is 0 Å². The van der Waals surface area contributed by atoms with Gasteiger partial charge in [0, 0.05) is 23.7 Å². The minimum absolute atomic E-state index is 0. The molecule has 3 nitrogen and oxygen atoms in total. The number of aliphatic hydroxyl groups excluding tert-OH is 1. The Bertz CT molecular complexity index is 334. The Morgan fingerprint density at radius 1 is 1.38 bits per heavy atom. The van der Waals surface area contributed by atoms with Crippen molar-refractivity contribution in [2.75, 3.05) is 20.3 Å². The van der Waals surface area contributed by atoms with Crippen LogP contribution in [-0.4, -0.2) is 25.4 Å². The molecule has 0 spiro atoms. The first kappa shape index (κ1) is 15.8. The van der Waals surface area contributed by atoms with Crippen molar-refractivity contribution in [2.24, 2.45) is 0 Å². The maximum atomic E-state index is 8.63. The zero-order chi connectivity index (χ0) is 11.3. The predicted octanol–water partition coefficient (Wildman–Crippen LogP) is 2.51. The maximum Gasteiger partial charge on any atom is 0.142 e. The first-order chi connectivity index (χ1) is 7.19. The molecule has 92 valence electrons. The summed E-state index contributed by atoms with van der Waals surface area (Å²) in [6.45, 7) is 1.17. The molecule has 0 unspecified atom stereocenters. The van der Waals surface area contributed by atoms with E-state index in [1.165, 1.54) is 0 Å². The Kier molecular flexibility index (Phi) is 7.89. The number of hydrogen-bond donors (Lipinski definition) is 2. The topological polar surface area (TPSA) is 41.5 Å². The molecule has 16 heavy (non-hydrogen) atoms. The van der Waals surface area contributed by atoms with Crippen LogP contribution in [0.4, 0.5) is 0 Å². The summed E-state index contributed by atoms with van der Waals surface area (Å²) >= 11 is 11.8. The fourth-order valence-corrected chi connectivity index (χ4v) is 1.89. The zero-order valence-electron chi connectivity index (χ0n) is 8.80. The molecule has 2 N–H and O–H groups in total. The molecule has 1 aromatic rings. The normalized spacial score (nSPS) is 9.75. The Morgan fingerprint density at radius 3 is 2.62 bits per heavy atom. The molecule has 6 heteroatoms. The van der Waals surface area contributed by atoms with Crippen LogP contribution in [0.25, 0.3) is 0 Å². The molecule has 0 heterocycles. The second-order valence-electron chi connectivity index (χ2n) is 2.98. The van der Waals surface area contributed by atoms with Crippen LogP contribution >= 0.6 is 35.6 Å². The van der Waals surface area contributed by atoms with E-state index < -0.39 is 0 Å². The lowest BCUT2D eigenvalue weighted by atomic mass is 10.2. The molecule has 0 radical (unpaired) electrons. The summed E-state index contributed by atoms with van der Waals surface area (Å²) in [5, 5.41) is 12.7. The molecule has 0 amide bonds. The van der Waals surface area contributed by atoms with Gasteiger partial charge in [-0.2, -0.15) is 0 Å². The molecular formula is C10H14Cl3NO2. The molecule has 1 rings (SSSR count). The monoisotopic (exact) mass is 285 g/mol. The molecule has 0 fully saturated rings. The van der Waals surface area contributed by atoms with Gasteiger partial charge in [0.2, 0.25) is 0 Å². The number of rotatable bonds is 5. The summed E-state index contributed by atoms with van der Waals surface area (Å²) in [4.78, 5) is 0. The minimum atomic E-state index is 0. The highest BCUT2D eigenvalue weighted by Crippen LogP contribution is 2.31. The number of ether oxygens (including phenoxy) is 1. The summed E-state index contributed by atoms with van der Waals surface area (Å²) in [5.74, 6) is 0.617. The van der Waals surface area contributed by atoms with E-state index in [4.69, 9.17) is 33.0 Å². The SMILES string of the molecule is COc1c(Cl)cc(Cl)cc1CNCCO.Cl. The maximum absolute atomic E-state index is 8.63. The van der Waals surface area contributed by atoms with Crippen LogP contribution in [-0.2, 0) is 6.54 Å². The molecule has 0 saturated carbocycles. The molecule has 0 saturated heterocycles. The lowest BCUT2D eigenvalue weighted by Gasteiger charge is -2.11. The van der Waals surface area contributed by atoms with Gasteiger partial charge in [-0.25, -0.2) is 0 Å². The van der Waals surface area contributed by atoms with Crippen molar-refractivity contribution >= 4 is 35.6 Å². The smallest absolute Gasteiger partial charge is 0.142 e. The molecule has 0 aromatic heterocycles. The Morgan fingerprint density at radius 2 is 2.06 bits per heavy atom. The van der Waals surface area contributed by atoms with E-state index in [0.29, 0.717) is 28.9 Å². The largest absolute Gasteiger partial charge is 0.495 e. The molecule has 0 aliphatic rings.